The van der Waals surface area contributed by atoms with Crippen LogP contribution in [0, 0.1) is 5.82 Å². The van der Waals surface area contributed by atoms with Crippen molar-refractivity contribution in [1.29, 1.82) is 0 Å². The van der Waals surface area contributed by atoms with Crippen LogP contribution in [0.25, 0.3) is 0 Å². The van der Waals surface area contributed by atoms with Gasteiger partial charge in [-0.05, 0) is 36.6 Å². The number of hydrogen-bond donors (Lipinski definition) is 1. The maximum Gasteiger partial charge on any atom is 0.421 e. The van der Waals surface area contributed by atoms with Crippen LogP contribution in [0.3, 0.4) is 0 Å². The lowest BCUT2D eigenvalue weighted by Crippen LogP contribution is -2.42. The Labute approximate surface area is 119 Å². The quantitative estimate of drug-likeness (QED) is 0.865. The maximum absolute atomic E-state index is 13.3. The number of halogens is 4. The van der Waals surface area contributed by atoms with E-state index in [-0.39, 0.29) is 11.4 Å². The Morgan fingerprint density at radius 1 is 1.10 bits per heavy atom. The summed E-state index contributed by atoms with van der Waals surface area (Å²) in [4.78, 5) is 11.3. The van der Waals surface area contributed by atoms with Crippen LogP contribution in [0.15, 0.2) is 35.9 Å². The second-order valence-corrected chi connectivity index (χ2v) is 5.16. The highest BCUT2D eigenvalue weighted by Gasteiger charge is 2.55. The van der Waals surface area contributed by atoms with Gasteiger partial charge in [-0.25, -0.2) is 4.39 Å². The summed E-state index contributed by atoms with van der Waals surface area (Å²) in [5, 5.41) is 10.1. The van der Waals surface area contributed by atoms with E-state index < -0.39 is 29.6 Å². The Morgan fingerprint density at radius 3 is 2.24 bits per heavy atom. The van der Waals surface area contributed by atoms with E-state index in [1.165, 1.54) is 6.08 Å². The monoisotopic (exact) mass is 302 g/mol. The van der Waals surface area contributed by atoms with Crippen molar-refractivity contribution >= 4 is 5.78 Å². The third-order valence-corrected chi connectivity index (χ3v) is 3.56. The summed E-state index contributed by atoms with van der Waals surface area (Å²) in [5.74, 6) is -0.921. The van der Waals surface area contributed by atoms with Crippen molar-refractivity contribution in [3.63, 3.8) is 0 Å². The first-order valence-electron chi connectivity index (χ1n) is 6.50. The van der Waals surface area contributed by atoms with Crippen LogP contribution < -0.4 is 0 Å². The summed E-state index contributed by atoms with van der Waals surface area (Å²) in [7, 11) is 0. The molecule has 6 heteroatoms. The number of hydrogen-bond acceptors (Lipinski definition) is 2. The molecule has 0 spiro atoms. The van der Waals surface area contributed by atoms with Crippen molar-refractivity contribution in [2.45, 2.75) is 37.5 Å². The predicted molar refractivity (Wildman–Crippen MR) is 67.9 cm³/mol. The highest BCUT2D eigenvalue weighted by molar-refractivity contribution is 5.91. The lowest BCUT2D eigenvalue weighted by molar-refractivity contribution is -0.266. The first-order valence-corrected chi connectivity index (χ1v) is 6.50. The Kier molecular flexibility index (Phi) is 4.18. The molecule has 0 fully saturated rings. The molecule has 0 saturated carbocycles. The summed E-state index contributed by atoms with van der Waals surface area (Å²) in [5.41, 5.74) is -3.30. The van der Waals surface area contributed by atoms with Crippen molar-refractivity contribution in [3.05, 3.63) is 47.3 Å². The van der Waals surface area contributed by atoms with Crippen LogP contribution in [-0.2, 0) is 10.4 Å². The van der Waals surface area contributed by atoms with Crippen molar-refractivity contribution in [2.24, 2.45) is 0 Å². The minimum Gasteiger partial charge on any atom is -0.376 e. The van der Waals surface area contributed by atoms with Crippen molar-refractivity contribution in [2.75, 3.05) is 0 Å². The van der Waals surface area contributed by atoms with Gasteiger partial charge in [0.2, 0.25) is 0 Å². The second-order valence-electron chi connectivity index (χ2n) is 5.16. The largest absolute Gasteiger partial charge is 0.421 e. The van der Waals surface area contributed by atoms with Gasteiger partial charge in [-0.15, -0.1) is 0 Å². The van der Waals surface area contributed by atoms with E-state index in [2.05, 4.69) is 0 Å². The molecule has 0 radical (unpaired) electrons. The summed E-state index contributed by atoms with van der Waals surface area (Å²) < 4.78 is 52.7. The highest BCUT2D eigenvalue weighted by atomic mass is 19.4. The maximum atomic E-state index is 13.3. The van der Waals surface area contributed by atoms with Gasteiger partial charge >= 0.3 is 6.18 Å². The molecule has 1 aliphatic rings. The predicted octanol–water partition coefficient (Wildman–Crippen LogP) is 3.65. The molecule has 1 aromatic carbocycles. The van der Waals surface area contributed by atoms with Gasteiger partial charge in [-0.1, -0.05) is 17.7 Å². The summed E-state index contributed by atoms with van der Waals surface area (Å²) in [6, 6.07) is 3.56. The molecule has 114 valence electrons. The van der Waals surface area contributed by atoms with Crippen LogP contribution in [0.1, 0.15) is 31.2 Å². The molecule has 21 heavy (non-hydrogen) atoms. The lowest BCUT2D eigenvalue weighted by Gasteiger charge is -2.32. The minimum atomic E-state index is -4.92. The Morgan fingerprint density at radius 2 is 1.71 bits per heavy atom. The second kappa shape index (κ2) is 5.60. The molecule has 0 heterocycles. The number of ketones is 1. The molecule has 0 saturated heterocycles. The van der Waals surface area contributed by atoms with Gasteiger partial charge in [-0.3, -0.25) is 4.79 Å². The summed E-state index contributed by atoms with van der Waals surface area (Å²) in [6.45, 7) is 0. The standard InChI is InChI=1S/C15H14F4O2/c16-12-6-4-11(5-7-12)14(21,15(17,18)19)9-10-2-1-3-13(20)8-10/h4-8,21H,1-3,9H2/t14-/m1/s1. The Bertz CT molecular complexity index is 560. The molecule has 0 bridgehead atoms. The molecule has 1 aromatic rings. The molecule has 0 aromatic heterocycles. The van der Waals surface area contributed by atoms with Crippen LogP contribution in [0.5, 0.6) is 0 Å². The lowest BCUT2D eigenvalue weighted by atomic mass is 9.83. The third-order valence-electron chi connectivity index (χ3n) is 3.56. The molecule has 2 rings (SSSR count). The van der Waals surface area contributed by atoms with E-state index >= 15 is 0 Å². The molecular formula is C15H14F4O2. The zero-order valence-electron chi connectivity index (χ0n) is 11.1. The van der Waals surface area contributed by atoms with Gasteiger partial charge in [0.05, 0.1) is 0 Å². The van der Waals surface area contributed by atoms with Gasteiger partial charge in [-0.2, -0.15) is 13.2 Å². The fraction of sp³-hybridized carbons (Fsp3) is 0.400. The van der Waals surface area contributed by atoms with Crippen LogP contribution >= 0.6 is 0 Å². The minimum absolute atomic E-state index is 0.236. The number of carbonyl (C=O) groups is 1. The topological polar surface area (TPSA) is 37.3 Å². The number of allylic oxidation sites excluding steroid dienone is 1. The van der Waals surface area contributed by atoms with E-state index in [1.807, 2.05) is 0 Å². The van der Waals surface area contributed by atoms with Crippen molar-refractivity contribution in [1.82, 2.24) is 0 Å². The molecule has 2 nitrogen and oxygen atoms in total. The highest BCUT2D eigenvalue weighted by Crippen LogP contribution is 2.44. The van der Waals surface area contributed by atoms with Gasteiger partial charge in [0.15, 0.2) is 11.4 Å². The van der Waals surface area contributed by atoms with E-state index in [0.717, 1.165) is 24.3 Å². The summed E-state index contributed by atoms with van der Waals surface area (Å²) >= 11 is 0. The molecule has 0 amide bonds. The molecule has 1 atom stereocenters. The summed E-state index contributed by atoms with van der Waals surface area (Å²) in [6.07, 6.45) is -3.35. The fourth-order valence-corrected chi connectivity index (χ4v) is 2.42. The number of benzene rings is 1. The zero-order chi connectivity index (χ0) is 15.7. The average Bonchev–Trinajstić information content (AvgIpc) is 2.38. The average molecular weight is 302 g/mol. The molecule has 0 aliphatic heterocycles. The normalized spacial score (nSPS) is 19.1. The van der Waals surface area contributed by atoms with Crippen molar-refractivity contribution < 1.29 is 27.5 Å². The molecular weight excluding hydrogens is 288 g/mol. The number of aliphatic hydroxyl groups is 1. The van der Waals surface area contributed by atoms with Gasteiger partial charge in [0, 0.05) is 12.8 Å². The van der Waals surface area contributed by atoms with E-state index in [9.17, 15) is 27.5 Å². The van der Waals surface area contributed by atoms with E-state index in [0.29, 0.717) is 19.3 Å². The van der Waals surface area contributed by atoms with E-state index in [4.69, 9.17) is 0 Å². The zero-order valence-corrected chi connectivity index (χ0v) is 11.1. The van der Waals surface area contributed by atoms with Crippen LogP contribution in [0.2, 0.25) is 0 Å². The van der Waals surface area contributed by atoms with Gasteiger partial charge in [0.1, 0.15) is 5.82 Å². The van der Waals surface area contributed by atoms with Gasteiger partial charge in [0.25, 0.3) is 0 Å². The Balaban J connectivity index is 2.38. The number of alkyl halides is 3. The first-order chi connectivity index (χ1) is 9.72. The third kappa shape index (κ3) is 3.32. The molecule has 0 unspecified atom stereocenters. The van der Waals surface area contributed by atoms with Crippen LogP contribution in [-0.4, -0.2) is 17.1 Å². The fourth-order valence-electron chi connectivity index (χ4n) is 2.42. The molecule has 1 N–H and O–H groups in total. The number of rotatable bonds is 3. The van der Waals surface area contributed by atoms with Gasteiger partial charge < -0.3 is 5.11 Å². The van der Waals surface area contributed by atoms with Crippen molar-refractivity contribution in [3.8, 4) is 0 Å². The smallest absolute Gasteiger partial charge is 0.376 e. The number of carbonyl (C=O) groups excluding carboxylic acids is 1. The Hall–Kier alpha value is -1.69. The molecule has 1 aliphatic carbocycles. The first kappa shape index (κ1) is 15.7. The SMILES string of the molecule is O=C1C=C(C[C@@](O)(c2ccc(F)cc2)C(F)(F)F)CCC1. The van der Waals surface area contributed by atoms with Crippen LogP contribution in [0.4, 0.5) is 17.6 Å². The van der Waals surface area contributed by atoms with E-state index in [1.54, 1.807) is 0 Å².